The largest absolute Gasteiger partial charge is 0.479 e. The van der Waals surface area contributed by atoms with Crippen molar-refractivity contribution in [3.05, 3.63) is 29.4 Å². The Morgan fingerprint density at radius 2 is 2.23 bits per heavy atom. The van der Waals surface area contributed by atoms with Crippen LogP contribution in [-0.4, -0.2) is 17.3 Å². The zero-order valence-corrected chi connectivity index (χ0v) is 7.75. The van der Waals surface area contributed by atoms with E-state index in [0.717, 1.165) is 10.8 Å². The number of rotatable bonds is 1. The fourth-order valence-corrected chi connectivity index (χ4v) is 1.35. The lowest BCUT2D eigenvalue weighted by Crippen LogP contribution is -1.91. The third-order valence-corrected chi connectivity index (χ3v) is 2.02. The van der Waals surface area contributed by atoms with Crippen molar-refractivity contribution in [1.82, 2.24) is 10.2 Å². The number of hydrogen-bond donors (Lipinski definition) is 0. The van der Waals surface area contributed by atoms with E-state index in [1.54, 1.807) is 13.3 Å². The molecule has 0 radical (unpaired) electrons. The fourth-order valence-electron chi connectivity index (χ4n) is 1.17. The Kier molecular flexibility index (Phi) is 2.02. The fraction of sp³-hybridized carbons (Fsp3) is 0.111. The van der Waals surface area contributed by atoms with Gasteiger partial charge < -0.3 is 4.74 Å². The second-order valence-corrected chi connectivity index (χ2v) is 3.02. The molecule has 0 fully saturated rings. The van der Waals surface area contributed by atoms with Crippen molar-refractivity contribution in [1.29, 1.82) is 0 Å². The van der Waals surface area contributed by atoms with Gasteiger partial charge in [0, 0.05) is 15.8 Å². The first-order valence-corrected chi connectivity index (χ1v) is 4.14. The Labute approximate surface area is 80.3 Å². The first-order valence-electron chi connectivity index (χ1n) is 3.76. The molecule has 0 unspecified atom stereocenters. The summed E-state index contributed by atoms with van der Waals surface area (Å²) in [5.41, 5.74) is 0. The van der Waals surface area contributed by atoms with E-state index in [9.17, 15) is 0 Å². The summed E-state index contributed by atoms with van der Waals surface area (Å²) in [5.74, 6) is 0.500. The standard InChI is InChI=1S/C9H7ClN2O/c1-13-9-8-4-7(10)3-2-6(8)5-11-12-9/h2-5H,1H3. The molecule has 2 rings (SSSR count). The Morgan fingerprint density at radius 3 is 3.00 bits per heavy atom. The van der Waals surface area contributed by atoms with Gasteiger partial charge in [0.05, 0.1) is 13.3 Å². The first kappa shape index (κ1) is 8.26. The van der Waals surface area contributed by atoms with Gasteiger partial charge in [0.2, 0.25) is 5.88 Å². The average Bonchev–Trinajstić information content (AvgIpc) is 2.17. The lowest BCUT2D eigenvalue weighted by atomic mass is 10.2. The predicted octanol–water partition coefficient (Wildman–Crippen LogP) is 2.29. The zero-order chi connectivity index (χ0) is 9.26. The zero-order valence-electron chi connectivity index (χ0n) is 6.99. The van der Waals surface area contributed by atoms with Gasteiger partial charge in [0.25, 0.3) is 0 Å². The van der Waals surface area contributed by atoms with E-state index < -0.39 is 0 Å². The number of aromatic nitrogens is 2. The number of fused-ring (bicyclic) bond motifs is 1. The minimum Gasteiger partial charge on any atom is -0.479 e. The Hall–Kier alpha value is -1.35. The topological polar surface area (TPSA) is 35.0 Å². The number of ether oxygens (including phenoxy) is 1. The molecule has 2 aromatic rings. The van der Waals surface area contributed by atoms with Crippen LogP contribution >= 0.6 is 11.6 Å². The van der Waals surface area contributed by atoms with Crippen LogP contribution in [0.1, 0.15) is 0 Å². The molecule has 0 aliphatic rings. The summed E-state index contributed by atoms with van der Waals surface area (Å²) in [4.78, 5) is 0. The quantitative estimate of drug-likeness (QED) is 0.699. The van der Waals surface area contributed by atoms with E-state index in [1.165, 1.54) is 0 Å². The lowest BCUT2D eigenvalue weighted by Gasteiger charge is -2.02. The van der Waals surface area contributed by atoms with Crippen LogP contribution in [-0.2, 0) is 0 Å². The Bertz CT molecular complexity index is 445. The lowest BCUT2D eigenvalue weighted by molar-refractivity contribution is 0.398. The van der Waals surface area contributed by atoms with Crippen LogP contribution in [0.5, 0.6) is 5.88 Å². The molecule has 0 saturated heterocycles. The summed E-state index contributed by atoms with van der Waals surface area (Å²) in [5, 5.41) is 10.1. The van der Waals surface area contributed by atoms with Crippen LogP contribution in [0.4, 0.5) is 0 Å². The van der Waals surface area contributed by atoms with Gasteiger partial charge in [-0.1, -0.05) is 17.7 Å². The molecule has 4 heteroatoms. The molecule has 0 amide bonds. The van der Waals surface area contributed by atoms with E-state index in [-0.39, 0.29) is 0 Å². The molecule has 1 heterocycles. The van der Waals surface area contributed by atoms with Gasteiger partial charge >= 0.3 is 0 Å². The van der Waals surface area contributed by atoms with Crippen LogP contribution in [0, 0.1) is 0 Å². The number of halogens is 1. The van der Waals surface area contributed by atoms with E-state index >= 15 is 0 Å². The molecular weight excluding hydrogens is 188 g/mol. The molecule has 66 valence electrons. The monoisotopic (exact) mass is 194 g/mol. The van der Waals surface area contributed by atoms with Gasteiger partial charge in [-0.05, 0) is 12.1 Å². The molecule has 1 aromatic heterocycles. The maximum absolute atomic E-state index is 5.84. The summed E-state index contributed by atoms with van der Waals surface area (Å²) >= 11 is 5.84. The molecule has 0 atom stereocenters. The van der Waals surface area contributed by atoms with Gasteiger partial charge in [-0.25, -0.2) is 0 Å². The molecule has 0 N–H and O–H groups in total. The summed E-state index contributed by atoms with van der Waals surface area (Å²) in [6.07, 6.45) is 1.67. The smallest absolute Gasteiger partial charge is 0.241 e. The highest BCUT2D eigenvalue weighted by molar-refractivity contribution is 6.31. The summed E-state index contributed by atoms with van der Waals surface area (Å²) < 4.78 is 5.05. The van der Waals surface area contributed by atoms with Crippen LogP contribution in [0.3, 0.4) is 0 Å². The van der Waals surface area contributed by atoms with Crippen molar-refractivity contribution in [3.8, 4) is 5.88 Å². The van der Waals surface area contributed by atoms with Gasteiger partial charge in [-0.3, -0.25) is 0 Å². The van der Waals surface area contributed by atoms with Crippen molar-refractivity contribution < 1.29 is 4.74 Å². The minimum atomic E-state index is 0.500. The maximum atomic E-state index is 5.84. The molecule has 0 spiro atoms. The third-order valence-electron chi connectivity index (χ3n) is 1.78. The van der Waals surface area contributed by atoms with Crippen LogP contribution < -0.4 is 4.74 Å². The molecule has 3 nitrogen and oxygen atoms in total. The Morgan fingerprint density at radius 1 is 1.38 bits per heavy atom. The van der Waals surface area contributed by atoms with E-state index in [1.807, 2.05) is 18.2 Å². The number of methoxy groups -OCH3 is 1. The third kappa shape index (κ3) is 1.42. The van der Waals surface area contributed by atoms with Crippen molar-refractivity contribution in [2.45, 2.75) is 0 Å². The summed E-state index contributed by atoms with van der Waals surface area (Å²) in [6.45, 7) is 0. The van der Waals surface area contributed by atoms with Gasteiger partial charge in [0.15, 0.2) is 0 Å². The van der Waals surface area contributed by atoms with Gasteiger partial charge in [0.1, 0.15) is 0 Å². The second-order valence-electron chi connectivity index (χ2n) is 2.59. The summed E-state index contributed by atoms with van der Waals surface area (Å²) in [6, 6.07) is 5.50. The highest BCUT2D eigenvalue weighted by Gasteiger charge is 2.02. The number of benzene rings is 1. The number of nitrogens with zero attached hydrogens (tertiary/aromatic N) is 2. The SMILES string of the molecule is COc1nncc2ccc(Cl)cc12. The maximum Gasteiger partial charge on any atom is 0.241 e. The average molecular weight is 195 g/mol. The molecule has 0 aliphatic heterocycles. The molecular formula is C9H7ClN2O. The second kappa shape index (κ2) is 3.18. The van der Waals surface area contributed by atoms with Crippen molar-refractivity contribution in [3.63, 3.8) is 0 Å². The minimum absolute atomic E-state index is 0.500. The van der Waals surface area contributed by atoms with Crippen molar-refractivity contribution >= 4 is 22.4 Å². The van der Waals surface area contributed by atoms with Crippen LogP contribution in [0.25, 0.3) is 10.8 Å². The van der Waals surface area contributed by atoms with Crippen molar-refractivity contribution in [2.24, 2.45) is 0 Å². The Balaban J connectivity index is 2.79. The van der Waals surface area contributed by atoms with Crippen LogP contribution in [0.15, 0.2) is 24.4 Å². The van der Waals surface area contributed by atoms with Gasteiger partial charge in [-0.2, -0.15) is 5.10 Å². The molecule has 1 aromatic carbocycles. The van der Waals surface area contributed by atoms with E-state index in [2.05, 4.69) is 10.2 Å². The number of hydrogen-bond acceptors (Lipinski definition) is 3. The van der Waals surface area contributed by atoms with Crippen LogP contribution in [0.2, 0.25) is 5.02 Å². The molecule has 0 saturated carbocycles. The molecule has 13 heavy (non-hydrogen) atoms. The highest BCUT2D eigenvalue weighted by atomic mass is 35.5. The molecule has 0 aliphatic carbocycles. The van der Waals surface area contributed by atoms with Gasteiger partial charge in [-0.15, -0.1) is 5.10 Å². The molecule has 0 bridgehead atoms. The van der Waals surface area contributed by atoms with E-state index in [0.29, 0.717) is 10.9 Å². The first-order chi connectivity index (χ1) is 6.31. The van der Waals surface area contributed by atoms with E-state index in [4.69, 9.17) is 16.3 Å². The summed E-state index contributed by atoms with van der Waals surface area (Å²) in [7, 11) is 1.56. The normalized spacial score (nSPS) is 10.3. The predicted molar refractivity (Wildman–Crippen MR) is 51.1 cm³/mol. The highest BCUT2D eigenvalue weighted by Crippen LogP contribution is 2.24. The van der Waals surface area contributed by atoms with Crippen molar-refractivity contribution in [2.75, 3.05) is 7.11 Å².